The monoisotopic (exact) mass is 315 g/mol. The van der Waals surface area contributed by atoms with Crippen molar-refractivity contribution >= 4 is 0 Å². The zero-order chi connectivity index (χ0) is 15.8. The Morgan fingerprint density at radius 2 is 1.82 bits per heavy atom. The summed E-state index contributed by atoms with van der Waals surface area (Å²) >= 11 is 0. The maximum Gasteiger partial charge on any atom is 0.573 e. The standard InChI is InChI=1S/C16H22F3N2O/c17-16(18,19)22-15-7-5-14(6-8-15)4-1-2-11-21-12-3-9-20-10-13-21/h5-8H,1-4,9-13H2. The number of rotatable bonds is 6. The number of benzene rings is 1. The van der Waals surface area contributed by atoms with Crippen LogP contribution in [0.1, 0.15) is 24.8 Å². The fraction of sp³-hybridized carbons (Fsp3) is 0.625. The minimum atomic E-state index is -4.62. The number of unbranched alkanes of at least 4 members (excludes halogenated alkanes) is 1. The van der Waals surface area contributed by atoms with Gasteiger partial charge >= 0.3 is 6.36 Å². The number of ether oxygens (including phenoxy) is 1. The minimum absolute atomic E-state index is 0.162. The molecule has 2 rings (SSSR count). The molecule has 0 atom stereocenters. The molecule has 0 saturated carbocycles. The first-order valence-electron chi connectivity index (χ1n) is 7.73. The molecule has 1 aromatic rings. The largest absolute Gasteiger partial charge is 0.573 e. The van der Waals surface area contributed by atoms with Crippen LogP contribution in [0.5, 0.6) is 5.75 Å². The number of halogens is 3. The minimum Gasteiger partial charge on any atom is -0.406 e. The number of aryl methyl sites for hydroxylation is 1. The summed E-state index contributed by atoms with van der Waals surface area (Å²) in [6, 6.07) is 6.15. The highest BCUT2D eigenvalue weighted by Gasteiger charge is 2.30. The molecule has 1 radical (unpaired) electrons. The summed E-state index contributed by atoms with van der Waals surface area (Å²) in [5.41, 5.74) is 1.04. The zero-order valence-corrected chi connectivity index (χ0v) is 12.6. The first-order chi connectivity index (χ1) is 10.5. The highest BCUT2D eigenvalue weighted by atomic mass is 19.4. The Hall–Kier alpha value is -1.27. The van der Waals surface area contributed by atoms with Crippen LogP contribution in [0.15, 0.2) is 24.3 Å². The van der Waals surface area contributed by atoms with Gasteiger partial charge in [0, 0.05) is 19.6 Å². The fourth-order valence-electron chi connectivity index (χ4n) is 2.59. The van der Waals surface area contributed by atoms with Gasteiger partial charge in [0.15, 0.2) is 0 Å². The second-order valence-corrected chi connectivity index (χ2v) is 5.51. The van der Waals surface area contributed by atoms with E-state index in [0.29, 0.717) is 0 Å². The van der Waals surface area contributed by atoms with Crippen LogP contribution in [-0.2, 0) is 6.42 Å². The lowest BCUT2D eigenvalue weighted by Gasteiger charge is -2.18. The molecular formula is C16H22F3N2O. The van der Waals surface area contributed by atoms with Gasteiger partial charge in [0.05, 0.1) is 0 Å². The molecule has 1 fully saturated rings. The highest BCUT2D eigenvalue weighted by Crippen LogP contribution is 2.23. The third-order valence-corrected chi connectivity index (χ3v) is 3.71. The molecule has 0 N–H and O–H groups in total. The predicted molar refractivity (Wildman–Crippen MR) is 79.0 cm³/mol. The van der Waals surface area contributed by atoms with Gasteiger partial charge in [-0.05, 0) is 56.5 Å². The summed E-state index contributed by atoms with van der Waals surface area (Å²) in [7, 11) is 0. The summed E-state index contributed by atoms with van der Waals surface area (Å²) in [5.74, 6) is -0.162. The average molecular weight is 315 g/mol. The van der Waals surface area contributed by atoms with Crippen LogP contribution in [0.4, 0.5) is 13.2 Å². The Bertz CT molecular complexity index is 426. The summed E-state index contributed by atoms with van der Waals surface area (Å²) in [6.07, 6.45) is -0.472. The van der Waals surface area contributed by atoms with Crippen molar-refractivity contribution in [2.75, 3.05) is 32.7 Å². The normalized spacial score (nSPS) is 17.2. The van der Waals surface area contributed by atoms with Crippen LogP contribution in [0.2, 0.25) is 0 Å². The smallest absolute Gasteiger partial charge is 0.406 e. The van der Waals surface area contributed by atoms with Gasteiger partial charge in [0.2, 0.25) is 0 Å². The fourth-order valence-corrected chi connectivity index (χ4v) is 2.59. The molecule has 123 valence electrons. The van der Waals surface area contributed by atoms with Gasteiger partial charge in [0.25, 0.3) is 0 Å². The molecule has 22 heavy (non-hydrogen) atoms. The van der Waals surface area contributed by atoms with Gasteiger partial charge in [-0.15, -0.1) is 13.2 Å². The van der Waals surface area contributed by atoms with Crippen molar-refractivity contribution in [3.05, 3.63) is 29.8 Å². The molecule has 1 saturated heterocycles. The zero-order valence-electron chi connectivity index (χ0n) is 12.6. The van der Waals surface area contributed by atoms with E-state index in [0.717, 1.165) is 64.0 Å². The number of hydrogen-bond acceptors (Lipinski definition) is 2. The highest BCUT2D eigenvalue weighted by molar-refractivity contribution is 5.27. The summed E-state index contributed by atoms with van der Waals surface area (Å²) < 4.78 is 40.0. The Morgan fingerprint density at radius 3 is 2.55 bits per heavy atom. The van der Waals surface area contributed by atoms with Gasteiger partial charge in [-0.3, -0.25) is 0 Å². The van der Waals surface area contributed by atoms with Crippen molar-refractivity contribution < 1.29 is 17.9 Å². The maximum absolute atomic E-state index is 12.1. The molecule has 1 heterocycles. The molecule has 0 aliphatic carbocycles. The molecule has 1 aromatic carbocycles. The van der Waals surface area contributed by atoms with Gasteiger partial charge in [-0.25, -0.2) is 5.32 Å². The van der Waals surface area contributed by atoms with Gasteiger partial charge in [0.1, 0.15) is 5.75 Å². The van der Waals surface area contributed by atoms with E-state index in [1.807, 2.05) is 0 Å². The van der Waals surface area contributed by atoms with E-state index < -0.39 is 6.36 Å². The maximum atomic E-state index is 12.1. The Morgan fingerprint density at radius 1 is 1.05 bits per heavy atom. The molecule has 0 bridgehead atoms. The van der Waals surface area contributed by atoms with Crippen LogP contribution in [-0.4, -0.2) is 44.0 Å². The topological polar surface area (TPSA) is 26.6 Å². The Kier molecular flexibility index (Phi) is 6.51. The Labute approximate surface area is 129 Å². The second-order valence-electron chi connectivity index (χ2n) is 5.51. The van der Waals surface area contributed by atoms with Gasteiger partial charge in [-0.2, -0.15) is 0 Å². The van der Waals surface area contributed by atoms with Crippen LogP contribution >= 0.6 is 0 Å². The van der Waals surface area contributed by atoms with Gasteiger partial charge < -0.3 is 9.64 Å². The van der Waals surface area contributed by atoms with Crippen molar-refractivity contribution in [2.45, 2.75) is 32.0 Å². The van der Waals surface area contributed by atoms with E-state index in [2.05, 4.69) is 15.0 Å². The van der Waals surface area contributed by atoms with Crippen molar-refractivity contribution in [2.24, 2.45) is 0 Å². The molecule has 0 unspecified atom stereocenters. The lowest BCUT2D eigenvalue weighted by atomic mass is 10.1. The third-order valence-electron chi connectivity index (χ3n) is 3.71. The third kappa shape index (κ3) is 6.66. The molecule has 1 aliphatic heterocycles. The van der Waals surface area contributed by atoms with E-state index in [1.165, 1.54) is 12.1 Å². The molecule has 1 aliphatic rings. The quantitative estimate of drug-likeness (QED) is 0.754. The van der Waals surface area contributed by atoms with E-state index in [-0.39, 0.29) is 5.75 Å². The van der Waals surface area contributed by atoms with Crippen molar-refractivity contribution in [1.82, 2.24) is 10.2 Å². The van der Waals surface area contributed by atoms with E-state index in [4.69, 9.17) is 0 Å². The van der Waals surface area contributed by atoms with Crippen LogP contribution in [0, 0.1) is 0 Å². The molecular weight excluding hydrogens is 293 g/mol. The Balaban J connectivity index is 1.66. The van der Waals surface area contributed by atoms with E-state index in [1.54, 1.807) is 12.1 Å². The lowest BCUT2D eigenvalue weighted by molar-refractivity contribution is -0.274. The van der Waals surface area contributed by atoms with Crippen molar-refractivity contribution in [1.29, 1.82) is 0 Å². The van der Waals surface area contributed by atoms with Crippen LogP contribution < -0.4 is 10.1 Å². The first kappa shape index (κ1) is 17.1. The molecule has 3 nitrogen and oxygen atoms in total. The summed E-state index contributed by atoms with van der Waals surface area (Å²) in [4.78, 5) is 2.44. The number of alkyl halides is 3. The predicted octanol–water partition coefficient (Wildman–Crippen LogP) is 3.22. The summed E-state index contributed by atoms with van der Waals surface area (Å²) in [5, 5.41) is 4.40. The molecule has 0 spiro atoms. The molecule has 6 heteroatoms. The molecule has 0 aromatic heterocycles. The molecule has 0 amide bonds. The van der Waals surface area contributed by atoms with E-state index in [9.17, 15) is 13.2 Å². The SMILES string of the molecule is FC(F)(F)Oc1ccc(CCCCN2CCC[N]CC2)cc1. The van der Waals surface area contributed by atoms with Crippen molar-refractivity contribution in [3.63, 3.8) is 0 Å². The lowest BCUT2D eigenvalue weighted by Crippen LogP contribution is -2.28. The second kappa shape index (κ2) is 8.39. The van der Waals surface area contributed by atoms with Gasteiger partial charge in [-0.1, -0.05) is 12.1 Å². The van der Waals surface area contributed by atoms with Crippen LogP contribution in [0.3, 0.4) is 0 Å². The first-order valence-corrected chi connectivity index (χ1v) is 7.73. The number of hydrogen-bond donors (Lipinski definition) is 0. The average Bonchev–Trinajstić information content (AvgIpc) is 2.72. The number of nitrogens with zero attached hydrogens (tertiary/aromatic N) is 2. The summed E-state index contributed by atoms with van der Waals surface area (Å²) in [6.45, 7) is 5.14. The van der Waals surface area contributed by atoms with E-state index >= 15 is 0 Å². The van der Waals surface area contributed by atoms with Crippen molar-refractivity contribution in [3.8, 4) is 5.75 Å². The van der Waals surface area contributed by atoms with Crippen LogP contribution in [0.25, 0.3) is 0 Å².